The van der Waals surface area contributed by atoms with Crippen LogP contribution in [-0.2, 0) is 12.5 Å². The number of nitrogens with zero attached hydrogens (tertiary/aromatic N) is 1. The van der Waals surface area contributed by atoms with E-state index in [9.17, 15) is 22.0 Å². The van der Waals surface area contributed by atoms with Gasteiger partial charge in [0.15, 0.2) is 0 Å². The zero-order chi connectivity index (χ0) is 25.9. The van der Waals surface area contributed by atoms with E-state index in [2.05, 4.69) is 6.92 Å². The molecule has 0 saturated heterocycles. The fourth-order valence-electron chi connectivity index (χ4n) is 4.69. The minimum absolute atomic E-state index is 0.0593. The first-order valence-corrected chi connectivity index (χ1v) is 12.0. The molecule has 0 spiro atoms. The molecule has 0 amide bonds. The van der Waals surface area contributed by atoms with Crippen LogP contribution in [0.5, 0.6) is 5.75 Å². The normalized spacial score (nSPS) is 18.0. The Kier molecular flexibility index (Phi) is 7.63. The lowest BCUT2D eigenvalue weighted by Gasteiger charge is -2.26. The average molecular weight is 500 g/mol. The molecule has 3 aromatic carbocycles. The van der Waals surface area contributed by atoms with Gasteiger partial charge in [0.25, 0.3) is 0 Å². The van der Waals surface area contributed by atoms with Crippen LogP contribution in [0.4, 0.5) is 22.0 Å². The average Bonchev–Trinajstić information content (AvgIpc) is 2.84. The van der Waals surface area contributed by atoms with Gasteiger partial charge in [-0.15, -0.1) is 0 Å². The largest absolute Gasteiger partial charge is 0.429 e. The van der Waals surface area contributed by atoms with E-state index >= 15 is 0 Å². The third-order valence-electron chi connectivity index (χ3n) is 6.92. The molecule has 0 unspecified atom stereocenters. The third kappa shape index (κ3) is 5.87. The third-order valence-corrected chi connectivity index (χ3v) is 6.92. The number of halogens is 5. The number of benzene rings is 3. The maximum Gasteiger partial charge on any atom is 0.426 e. The van der Waals surface area contributed by atoms with Gasteiger partial charge >= 0.3 is 6.11 Å². The smallest absolute Gasteiger partial charge is 0.426 e. The minimum atomic E-state index is -3.83. The van der Waals surface area contributed by atoms with Crippen LogP contribution in [0.25, 0.3) is 11.1 Å². The van der Waals surface area contributed by atoms with Crippen molar-refractivity contribution in [3.8, 4) is 22.9 Å². The topological polar surface area (TPSA) is 33.0 Å². The van der Waals surface area contributed by atoms with Crippen LogP contribution in [0.15, 0.2) is 54.6 Å². The molecule has 1 fully saturated rings. The molecule has 0 atom stereocenters. The van der Waals surface area contributed by atoms with Gasteiger partial charge in [-0.25, -0.2) is 13.2 Å². The molecule has 0 N–H and O–H groups in total. The Morgan fingerprint density at radius 1 is 0.889 bits per heavy atom. The van der Waals surface area contributed by atoms with Crippen molar-refractivity contribution in [2.24, 2.45) is 11.8 Å². The summed E-state index contributed by atoms with van der Waals surface area (Å²) in [5.41, 5.74) is -0.995. The van der Waals surface area contributed by atoms with Crippen molar-refractivity contribution in [2.45, 2.75) is 51.6 Å². The Morgan fingerprint density at radius 2 is 1.53 bits per heavy atom. The molecule has 0 aliphatic heterocycles. The SMILES string of the molecule is CC1CCC(CCc2ccc(OC(F)(F)c3ccc(-c4cc(F)c(C#N)c(F)c4)c(F)c3)cc2)CC1. The number of nitriles is 1. The monoisotopic (exact) mass is 499 g/mol. The van der Waals surface area contributed by atoms with Gasteiger partial charge in [0.2, 0.25) is 0 Å². The van der Waals surface area contributed by atoms with Gasteiger partial charge in [-0.1, -0.05) is 50.8 Å². The molecule has 0 heterocycles. The number of hydrogen-bond acceptors (Lipinski definition) is 2. The van der Waals surface area contributed by atoms with Crippen LogP contribution in [0, 0.1) is 40.6 Å². The Bertz CT molecular complexity index is 1230. The summed E-state index contributed by atoms with van der Waals surface area (Å²) in [4.78, 5) is 0. The van der Waals surface area contributed by atoms with Crippen molar-refractivity contribution in [2.75, 3.05) is 0 Å². The highest BCUT2D eigenvalue weighted by atomic mass is 19.3. The number of rotatable bonds is 7. The molecule has 0 bridgehead atoms. The van der Waals surface area contributed by atoms with Crippen LogP contribution in [-0.4, -0.2) is 0 Å². The molecule has 4 rings (SSSR count). The summed E-state index contributed by atoms with van der Waals surface area (Å²) >= 11 is 0. The van der Waals surface area contributed by atoms with E-state index in [1.54, 1.807) is 12.1 Å². The van der Waals surface area contributed by atoms with Crippen LogP contribution in [0.2, 0.25) is 0 Å². The predicted octanol–water partition coefficient (Wildman–Crippen LogP) is 8.53. The quantitative estimate of drug-likeness (QED) is 0.305. The lowest BCUT2D eigenvalue weighted by molar-refractivity contribution is -0.185. The summed E-state index contributed by atoms with van der Waals surface area (Å²) < 4.78 is 76.8. The highest BCUT2D eigenvalue weighted by Gasteiger charge is 2.35. The molecular weight excluding hydrogens is 473 g/mol. The first-order valence-electron chi connectivity index (χ1n) is 12.0. The first-order chi connectivity index (χ1) is 17.2. The van der Waals surface area contributed by atoms with Crippen LogP contribution in [0.1, 0.15) is 55.7 Å². The highest BCUT2D eigenvalue weighted by Crippen LogP contribution is 2.35. The van der Waals surface area contributed by atoms with Gasteiger partial charge in [0, 0.05) is 5.56 Å². The van der Waals surface area contributed by atoms with Gasteiger partial charge in [-0.05, 0) is 72.2 Å². The van der Waals surface area contributed by atoms with Gasteiger partial charge in [-0.2, -0.15) is 14.0 Å². The maximum atomic E-state index is 14.8. The molecular formula is C29H26F5NO. The van der Waals surface area contributed by atoms with Gasteiger partial charge < -0.3 is 4.74 Å². The van der Waals surface area contributed by atoms with Crippen molar-refractivity contribution in [3.63, 3.8) is 0 Å². The molecule has 188 valence electrons. The number of aryl methyl sites for hydroxylation is 1. The van der Waals surface area contributed by atoms with Crippen molar-refractivity contribution in [1.29, 1.82) is 5.26 Å². The second-order valence-electron chi connectivity index (χ2n) is 9.55. The highest BCUT2D eigenvalue weighted by molar-refractivity contribution is 5.66. The molecule has 2 nitrogen and oxygen atoms in total. The maximum absolute atomic E-state index is 14.8. The summed E-state index contributed by atoms with van der Waals surface area (Å²) in [5.74, 6) is -1.99. The van der Waals surface area contributed by atoms with Crippen LogP contribution < -0.4 is 4.74 Å². The molecule has 3 aromatic rings. The standard InChI is InChI=1S/C29H26F5NO/c1-18-2-4-19(5-3-18)6-7-20-8-11-23(12-9-20)36-29(33,34)22-10-13-24(28(32)16-22)21-14-26(30)25(17-35)27(31)15-21/h8-16,18-19H,2-7H2,1H3. The second kappa shape index (κ2) is 10.7. The Morgan fingerprint density at radius 3 is 2.11 bits per heavy atom. The molecule has 36 heavy (non-hydrogen) atoms. The van der Waals surface area contributed by atoms with E-state index in [0.29, 0.717) is 12.0 Å². The summed E-state index contributed by atoms with van der Waals surface area (Å²) in [6.45, 7) is 2.28. The molecule has 0 radical (unpaired) electrons. The van der Waals surface area contributed by atoms with Crippen molar-refractivity contribution in [3.05, 3.63) is 88.7 Å². The first kappa shape index (κ1) is 25.7. The van der Waals surface area contributed by atoms with Crippen molar-refractivity contribution in [1.82, 2.24) is 0 Å². The fourth-order valence-corrected chi connectivity index (χ4v) is 4.69. The predicted molar refractivity (Wildman–Crippen MR) is 127 cm³/mol. The molecule has 1 saturated carbocycles. The van der Waals surface area contributed by atoms with Crippen LogP contribution >= 0.6 is 0 Å². The Labute approximate surface area is 207 Å². The van der Waals surface area contributed by atoms with Gasteiger partial charge in [0.1, 0.15) is 34.8 Å². The second-order valence-corrected chi connectivity index (χ2v) is 9.55. The summed E-state index contributed by atoms with van der Waals surface area (Å²) in [6, 6.07) is 11.9. The van der Waals surface area contributed by atoms with E-state index < -0.39 is 34.7 Å². The zero-order valence-electron chi connectivity index (χ0n) is 19.8. The lowest BCUT2D eigenvalue weighted by atomic mass is 9.80. The van der Waals surface area contributed by atoms with E-state index in [1.165, 1.54) is 43.9 Å². The van der Waals surface area contributed by atoms with E-state index in [-0.39, 0.29) is 16.9 Å². The van der Waals surface area contributed by atoms with Gasteiger partial charge in [-0.3, -0.25) is 0 Å². The minimum Gasteiger partial charge on any atom is -0.429 e. The molecule has 7 heteroatoms. The number of alkyl halides is 2. The van der Waals surface area contributed by atoms with Gasteiger partial charge in [0.05, 0.1) is 5.56 Å². The number of hydrogen-bond donors (Lipinski definition) is 0. The lowest BCUT2D eigenvalue weighted by Crippen LogP contribution is -2.22. The Hall–Kier alpha value is -3.40. The van der Waals surface area contributed by atoms with E-state index in [4.69, 9.17) is 10.00 Å². The van der Waals surface area contributed by atoms with Crippen molar-refractivity contribution < 1.29 is 26.7 Å². The molecule has 1 aliphatic carbocycles. The summed E-state index contributed by atoms with van der Waals surface area (Å²) in [5, 5.41) is 8.76. The summed E-state index contributed by atoms with van der Waals surface area (Å²) in [6.07, 6.45) is 3.10. The number of ether oxygens (including phenoxy) is 1. The Balaban J connectivity index is 1.43. The zero-order valence-corrected chi connectivity index (χ0v) is 19.8. The summed E-state index contributed by atoms with van der Waals surface area (Å²) in [7, 11) is 0. The fraction of sp³-hybridized carbons (Fsp3) is 0.345. The molecule has 0 aromatic heterocycles. The van der Waals surface area contributed by atoms with E-state index in [1.807, 2.05) is 0 Å². The van der Waals surface area contributed by atoms with Crippen molar-refractivity contribution >= 4 is 0 Å². The van der Waals surface area contributed by atoms with E-state index in [0.717, 1.165) is 48.6 Å². The van der Waals surface area contributed by atoms with Crippen LogP contribution in [0.3, 0.4) is 0 Å². The molecule has 1 aliphatic rings.